The van der Waals surface area contributed by atoms with Gasteiger partial charge in [-0.15, -0.1) is 0 Å². The maximum Gasteiger partial charge on any atom is 0.253 e. The number of aliphatic hydroxyl groups excluding tert-OH is 4. The molecule has 2 rings (SSSR count). The van der Waals surface area contributed by atoms with E-state index in [9.17, 15) is 34.5 Å². The Kier molecular flexibility index (Phi) is 26.6. The fourth-order valence-electron chi connectivity index (χ4n) is 4.22. The van der Waals surface area contributed by atoms with E-state index in [2.05, 4.69) is 10.6 Å². The van der Waals surface area contributed by atoms with Crippen molar-refractivity contribution in [3.8, 4) is 0 Å². The first-order valence-corrected chi connectivity index (χ1v) is 17.1. The number of aliphatic hydroxyl groups is 4. The molecule has 15 nitrogen and oxygen atoms in total. The molecule has 14 N–H and O–H groups in total. The highest BCUT2D eigenvalue weighted by Crippen LogP contribution is 2.19. The van der Waals surface area contributed by atoms with Gasteiger partial charge in [-0.2, -0.15) is 0 Å². The Bertz CT molecular complexity index is 876. The molecule has 47 heavy (non-hydrogen) atoms. The molecule has 15 heteroatoms. The number of nitrogens with zero attached hydrogens (tertiary/aromatic N) is 1. The molecule has 3 amide bonds. The average molecular weight is 678 g/mol. The van der Waals surface area contributed by atoms with Crippen molar-refractivity contribution in [2.45, 2.75) is 160 Å². The monoisotopic (exact) mass is 678 g/mol. The number of carbonyl (C=O) groups is 4. The van der Waals surface area contributed by atoms with Crippen LogP contribution in [0.25, 0.3) is 0 Å². The lowest BCUT2D eigenvalue weighted by atomic mass is 10.0. The summed E-state index contributed by atoms with van der Waals surface area (Å²) in [4.78, 5) is 45.7. The van der Waals surface area contributed by atoms with Crippen LogP contribution < -0.4 is 33.6 Å². The molecule has 2 aliphatic rings. The lowest BCUT2D eigenvalue weighted by Gasteiger charge is -2.33. The molecule has 4 unspecified atom stereocenters. The molecule has 0 aromatic carbocycles. The minimum Gasteiger partial charge on any atom is -0.384 e. The highest BCUT2D eigenvalue weighted by Gasteiger charge is 2.30. The Morgan fingerprint density at radius 2 is 1.02 bits per heavy atom. The summed E-state index contributed by atoms with van der Waals surface area (Å²) in [5.74, 6) is -1.18. The smallest absolute Gasteiger partial charge is 0.253 e. The molecular formula is C32H67N7O8. The number of hydrogen-bond acceptors (Lipinski definition) is 12. The Morgan fingerprint density at radius 3 is 1.32 bits per heavy atom. The molecule has 278 valence electrons. The molecule has 0 aromatic rings. The second-order valence-corrected chi connectivity index (χ2v) is 12.3. The third kappa shape index (κ3) is 20.7. The summed E-state index contributed by atoms with van der Waals surface area (Å²) in [5.41, 5.74) is 22.2. The fraction of sp³-hybridized carbons (Fsp3) is 0.875. The van der Waals surface area contributed by atoms with Gasteiger partial charge in [-0.25, -0.2) is 0 Å². The molecule has 2 fully saturated rings. The van der Waals surface area contributed by atoms with Gasteiger partial charge in [0.25, 0.3) is 11.8 Å². The van der Waals surface area contributed by atoms with Crippen LogP contribution in [0.15, 0.2) is 0 Å². The fourth-order valence-corrected chi connectivity index (χ4v) is 4.22. The van der Waals surface area contributed by atoms with Crippen LogP contribution in [-0.2, 0) is 19.2 Å². The predicted molar refractivity (Wildman–Crippen MR) is 183 cm³/mol. The zero-order chi connectivity index (χ0) is 36.7. The van der Waals surface area contributed by atoms with Crippen LogP contribution in [0.2, 0.25) is 0 Å². The number of ketones is 1. The lowest BCUT2D eigenvalue weighted by Crippen LogP contribution is -2.52. The van der Waals surface area contributed by atoms with Crippen molar-refractivity contribution >= 4 is 23.5 Å². The number of hydrogen-bond donors (Lipinski definition) is 10. The molecule has 1 aliphatic heterocycles. The molecule has 0 bridgehead atoms. The topological polar surface area (TPSA) is 281 Å². The summed E-state index contributed by atoms with van der Waals surface area (Å²) in [6.07, 6.45) is 5.29. The number of rotatable bonds is 17. The van der Waals surface area contributed by atoms with Crippen molar-refractivity contribution in [2.75, 3.05) is 20.1 Å². The van der Waals surface area contributed by atoms with E-state index < -0.39 is 48.4 Å². The number of Topliss-reactive ketones (excluding diaryl/α,β-unsaturated/α-hetero) is 1. The Labute approximate surface area is 281 Å². The minimum absolute atomic E-state index is 0.202. The zero-order valence-corrected chi connectivity index (χ0v) is 29.6. The van der Waals surface area contributed by atoms with E-state index in [4.69, 9.17) is 28.0 Å². The lowest BCUT2D eigenvalue weighted by molar-refractivity contribution is -0.145. The van der Waals surface area contributed by atoms with Gasteiger partial charge in [0.1, 0.15) is 24.4 Å². The summed E-state index contributed by atoms with van der Waals surface area (Å²) in [7, 11) is 1.48. The van der Waals surface area contributed by atoms with Gasteiger partial charge in [-0.3, -0.25) is 19.2 Å². The third-order valence-corrected chi connectivity index (χ3v) is 7.65. The molecule has 0 aromatic heterocycles. The predicted octanol–water partition coefficient (Wildman–Crippen LogP) is -1.26. The average Bonchev–Trinajstić information content (AvgIpc) is 3.83. The Morgan fingerprint density at radius 1 is 0.660 bits per heavy atom. The highest BCUT2D eigenvalue weighted by molar-refractivity contribution is 5.82. The number of likely N-dealkylation sites (tertiary alicyclic amines) is 1. The van der Waals surface area contributed by atoms with Crippen LogP contribution in [0.3, 0.4) is 0 Å². The molecular weight excluding hydrogens is 610 g/mol. The number of carbonyl (C=O) groups excluding carboxylic acids is 4. The van der Waals surface area contributed by atoms with Crippen molar-refractivity contribution in [3.05, 3.63) is 0 Å². The van der Waals surface area contributed by atoms with E-state index in [0.29, 0.717) is 25.7 Å². The van der Waals surface area contributed by atoms with Crippen molar-refractivity contribution in [1.29, 1.82) is 0 Å². The highest BCUT2D eigenvalue weighted by atomic mass is 16.3. The van der Waals surface area contributed by atoms with Gasteiger partial charge in [0.15, 0.2) is 5.78 Å². The Balaban J connectivity index is 0. The molecule has 1 heterocycles. The van der Waals surface area contributed by atoms with E-state index >= 15 is 0 Å². The first kappa shape index (κ1) is 46.9. The van der Waals surface area contributed by atoms with Crippen LogP contribution in [-0.4, -0.2) is 124 Å². The number of nitrogens with one attached hydrogen (secondary N) is 2. The van der Waals surface area contributed by atoms with Gasteiger partial charge in [0, 0.05) is 50.3 Å². The van der Waals surface area contributed by atoms with Gasteiger partial charge in [0.2, 0.25) is 5.91 Å². The van der Waals surface area contributed by atoms with E-state index in [0.717, 1.165) is 58.0 Å². The Hall–Kier alpha value is -2.24. The maximum atomic E-state index is 11.4. The largest absolute Gasteiger partial charge is 0.384 e. The van der Waals surface area contributed by atoms with Crippen LogP contribution in [0.5, 0.6) is 0 Å². The van der Waals surface area contributed by atoms with Crippen molar-refractivity contribution in [3.63, 3.8) is 0 Å². The number of amides is 3. The maximum absolute atomic E-state index is 11.4. The molecule has 8 atom stereocenters. The van der Waals surface area contributed by atoms with Gasteiger partial charge in [0.05, 0.1) is 0 Å². The second-order valence-electron chi connectivity index (χ2n) is 12.3. The standard InChI is InChI=1S/2C9H18N2O2.C7H16N2O2.C7H15NO2/c1-2-4-7(10)8(12)9(13)11-5-3-6-11;1-2-3-7(10)8(12)9(13)11-6-4-5-6;1-3-4-5(8)6(10)7(11)9-2;1-3-4-6(8)7(10)5(2)9/h7-8,12H,2-6,10H2,1H3;6-8,12H,2-5,10H2,1H3,(H,11,13);5-6,10H,3-4,8H2,1-2H3,(H,9,11);6-7,10H,3-4,8H2,1-2H3/t2*7-,8?;5-,6?;6-,7?/m0000/s1. The normalized spacial score (nSPS) is 18.6. The third-order valence-electron chi connectivity index (χ3n) is 7.65. The summed E-state index contributed by atoms with van der Waals surface area (Å²) < 4.78 is 0. The first-order chi connectivity index (χ1) is 22.0. The summed E-state index contributed by atoms with van der Waals surface area (Å²) in [6.45, 7) is 10.8. The van der Waals surface area contributed by atoms with Crippen LogP contribution in [0.4, 0.5) is 0 Å². The van der Waals surface area contributed by atoms with Crippen molar-refractivity contribution in [2.24, 2.45) is 22.9 Å². The van der Waals surface area contributed by atoms with Gasteiger partial charge in [-0.1, -0.05) is 53.4 Å². The van der Waals surface area contributed by atoms with Crippen LogP contribution >= 0.6 is 0 Å². The first-order valence-electron chi connectivity index (χ1n) is 17.1. The second kappa shape index (κ2) is 26.7. The quantitative estimate of drug-likeness (QED) is 0.0864. The summed E-state index contributed by atoms with van der Waals surface area (Å²) >= 11 is 0. The number of likely N-dealkylation sites (N-methyl/N-ethyl adjacent to an activating group) is 1. The van der Waals surface area contributed by atoms with Gasteiger partial charge < -0.3 is 58.9 Å². The summed E-state index contributed by atoms with van der Waals surface area (Å²) in [6, 6.07) is -1.37. The van der Waals surface area contributed by atoms with E-state index in [-0.39, 0.29) is 29.7 Å². The van der Waals surface area contributed by atoms with Crippen LogP contribution in [0.1, 0.15) is 105 Å². The molecule has 1 aliphatic carbocycles. The van der Waals surface area contributed by atoms with E-state index in [1.54, 1.807) is 4.90 Å². The molecule has 1 saturated heterocycles. The number of nitrogens with two attached hydrogens (primary N) is 4. The molecule has 1 saturated carbocycles. The molecule has 0 spiro atoms. The minimum atomic E-state index is -1.07. The van der Waals surface area contributed by atoms with Crippen LogP contribution in [0, 0.1) is 0 Å². The SMILES string of the molecule is CCC[C@H](N)C(O)C(=O)N1CCC1.CCC[C@H](N)C(O)C(=O)NC.CCC[C@H](N)C(O)C(=O)NC1CC1.CCC[C@H](N)C(O)C(C)=O. The van der Waals surface area contributed by atoms with Crippen molar-refractivity contribution in [1.82, 2.24) is 15.5 Å². The van der Waals surface area contributed by atoms with Gasteiger partial charge >= 0.3 is 0 Å². The van der Waals surface area contributed by atoms with Gasteiger partial charge in [-0.05, 0) is 51.9 Å². The zero-order valence-electron chi connectivity index (χ0n) is 29.6. The van der Waals surface area contributed by atoms with Crippen molar-refractivity contribution < 1.29 is 39.6 Å². The van der Waals surface area contributed by atoms with E-state index in [1.807, 2.05) is 27.7 Å². The van der Waals surface area contributed by atoms with E-state index in [1.165, 1.54) is 14.0 Å². The molecule has 0 radical (unpaired) electrons. The summed E-state index contributed by atoms with van der Waals surface area (Å²) in [5, 5.41) is 42.3.